The molecule has 2 aromatic rings. The topological polar surface area (TPSA) is 82.5 Å². The minimum Gasteiger partial charge on any atom is -0.478 e. The zero-order chi connectivity index (χ0) is 15.4. The number of carboxylic acids is 1. The molecule has 2 amide bonds. The fourth-order valence-electron chi connectivity index (χ4n) is 1.59. The molecule has 2 N–H and O–H groups in total. The van der Waals surface area contributed by atoms with Crippen LogP contribution in [0.4, 0.5) is 10.5 Å². The lowest BCUT2D eigenvalue weighted by molar-refractivity contribution is 0.0696. The number of anilines is 1. The number of carbonyl (C=O) groups is 2. The summed E-state index contributed by atoms with van der Waals surface area (Å²) in [6.45, 7) is 0.466. The Morgan fingerprint density at radius 2 is 2.19 bits per heavy atom. The molecule has 0 saturated carbocycles. The summed E-state index contributed by atoms with van der Waals surface area (Å²) in [5, 5.41) is 13.4. The summed E-state index contributed by atoms with van der Waals surface area (Å²) in [4.78, 5) is 29.2. The van der Waals surface area contributed by atoms with Crippen LogP contribution in [-0.4, -0.2) is 34.0 Å². The zero-order valence-corrected chi connectivity index (χ0v) is 13.4. The normalized spacial score (nSPS) is 10.2. The van der Waals surface area contributed by atoms with Gasteiger partial charge in [0.1, 0.15) is 0 Å². The summed E-state index contributed by atoms with van der Waals surface area (Å²) in [7, 11) is 1.66. The van der Waals surface area contributed by atoms with Crippen molar-refractivity contribution in [3.05, 3.63) is 44.8 Å². The molecule has 0 aliphatic rings. The number of amides is 2. The molecule has 0 aromatic carbocycles. The van der Waals surface area contributed by atoms with E-state index in [0.29, 0.717) is 12.2 Å². The Bertz CT molecular complexity index is 674. The predicted molar refractivity (Wildman–Crippen MR) is 83.7 cm³/mol. The monoisotopic (exact) mass is 369 g/mol. The van der Waals surface area contributed by atoms with E-state index in [1.54, 1.807) is 18.4 Å². The van der Waals surface area contributed by atoms with E-state index in [1.807, 2.05) is 11.4 Å². The van der Waals surface area contributed by atoms with Crippen molar-refractivity contribution < 1.29 is 14.7 Å². The van der Waals surface area contributed by atoms with Crippen molar-refractivity contribution in [3.63, 3.8) is 0 Å². The van der Waals surface area contributed by atoms with Crippen molar-refractivity contribution in [3.8, 4) is 0 Å². The van der Waals surface area contributed by atoms with E-state index < -0.39 is 5.97 Å². The number of pyridine rings is 1. The predicted octanol–water partition coefficient (Wildman–Crippen LogP) is 3.27. The molecule has 0 aliphatic carbocycles. The first kappa shape index (κ1) is 15.5. The van der Waals surface area contributed by atoms with Crippen LogP contribution >= 0.6 is 27.3 Å². The SMILES string of the molecule is CN(Cc1cc(Br)cs1)C(=O)Nc1cncc(C(=O)O)c1. The van der Waals surface area contributed by atoms with Gasteiger partial charge in [0.25, 0.3) is 0 Å². The molecule has 0 fully saturated rings. The Kier molecular flexibility index (Phi) is 4.92. The van der Waals surface area contributed by atoms with Crippen LogP contribution in [0, 0.1) is 0 Å². The second-order valence-corrected chi connectivity index (χ2v) is 6.20. The van der Waals surface area contributed by atoms with Gasteiger partial charge in [0, 0.05) is 28.0 Å². The van der Waals surface area contributed by atoms with Crippen LogP contribution in [0.1, 0.15) is 15.2 Å². The molecule has 0 spiro atoms. The Labute approximate surface area is 133 Å². The molecule has 0 unspecified atom stereocenters. The number of urea groups is 1. The molecule has 0 saturated heterocycles. The molecule has 0 bridgehead atoms. The van der Waals surface area contributed by atoms with Crippen molar-refractivity contribution in [2.45, 2.75) is 6.54 Å². The van der Waals surface area contributed by atoms with E-state index in [4.69, 9.17) is 5.11 Å². The largest absolute Gasteiger partial charge is 0.478 e. The number of hydrogen-bond acceptors (Lipinski definition) is 4. The third-order valence-corrected chi connectivity index (χ3v) is 4.28. The number of thiophene rings is 1. The molecule has 0 atom stereocenters. The highest BCUT2D eigenvalue weighted by atomic mass is 79.9. The van der Waals surface area contributed by atoms with E-state index in [1.165, 1.54) is 23.4 Å². The van der Waals surface area contributed by atoms with E-state index in [0.717, 1.165) is 9.35 Å². The molecule has 110 valence electrons. The Balaban J connectivity index is 2.00. The lowest BCUT2D eigenvalue weighted by atomic mass is 10.2. The first-order chi connectivity index (χ1) is 9.95. The van der Waals surface area contributed by atoms with Crippen LogP contribution in [0.25, 0.3) is 0 Å². The van der Waals surface area contributed by atoms with Crippen LogP contribution in [0.5, 0.6) is 0 Å². The first-order valence-corrected chi connectivity index (χ1v) is 7.56. The van der Waals surface area contributed by atoms with E-state index in [-0.39, 0.29) is 11.6 Å². The lowest BCUT2D eigenvalue weighted by Crippen LogP contribution is -2.30. The maximum absolute atomic E-state index is 12.0. The van der Waals surface area contributed by atoms with E-state index in [2.05, 4.69) is 26.2 Å². The van der Waals surface area contributed by atoms with Gasteiger partial charge in [-0.25, -0.2) is 9.59 Å². The molecule has 0 radical (unpaired) electrons. The highest BCUT2D eigenvalue weighted by Crippen LogP contribution is 2.21. The molecular weight excluding hydrogens is 358 g/mol. The minimum absolute atomic E-state index is 0.0256. The smallest absolute Gasteiger partial charge is 0.337 e. The second kappa shape index (κ2) is 6.68. The van der Waals surface area contributed by atoms with Gasteiger partial charge in [0.15, 0.2) is 0 Å². The third-order valence-electron chi connectivity index (χ3n) is 2.60. The first-order valence-electron chi connectivity index (χ1n) is 5.89. The van der Waals surface area contributed by atoms with Gasteiger partial charge in [-0.15, -0.1) is 11.3 Å². The number of nitrogens with zero attached hydrogens (tertiary/aromatic N) is 2. The Morgan fingerprint density at radius 3 is 2.81 bits per heavy atom. The Morgan fingerprint density at radius 1 is 1.43 bits per heavy atom. The highest BCUT2D eigenvalue weighted by Gasteiger charge is 2.12. The maximum Gasteiger partial charge on any atom is 0.337 e. The van der Waals surface area contributed by atoms with Crippen LogP contribution in [0.15, 0.2) is 34.4 Å². The molecule has 0 aliphatic heterocycles. The van der Waals surface area contributed by atoms with E-state index in [9.17, 15) is 9.59 Å². The number of rotatable bonds is 4. The zero-order valence-electron chi connectivity index (χ0n) is 11.0. The summed E-state index contributed by atoms with van der Waals surface area (Å²) in [6, 6.07) is 2.98. The fourth-order valence-corrected chi connectivity index (χ4v) is 3.09. The number of hydrogen-bond donors (Lipinski definition) is 2. The average Bonchev–Trinajstić information content (AvgIpc) is 2.84. The van der Waals surface area contributed by atoms with Gasteiger partial charge >= 0.3 is 12.0 Å². The number of carboxylic acid groups (broad SMARTS) is 1. The van der Waals surface area contributed by atoms with Crippen molar-refractivity contribution in [2.24, 2.45) is 0 Å². The third kappa shape index (κ3) is 4.27. The van der Waals surface area contributed by atoms with Crippen LogP contribution in [0.3, 0.4) is 0 Å². The standard InChI is InChI=1S/C13H12BrN3O3S/c1-17(6-11-3-9(14)7-21-11)13(20)16-10-2-8(12(18)19)4-15-5-10/h2-5,7H,6H2,1H3,(H,16,20)(H,18,19). The van der Waals surface area contributed by atoms with Gasteiger partial charge < -0.3 is 15.3 Å². The number of halogens is 1. The van der Waals surface area contributed by atoms with Gasteiger partial charge in [-0.3, -0.25) is 4.98 Å². The van der Waals surface area contributed by atoms with Crippen LogP contribution in [-0.2, 0) is 6.54 Å². The van der Waals surface area contributed by atoms with Gasteiger partial charge in [-0.05, 0) is 28.1 Å². The number of aromatic carboxylic acids is 1. The van der Waals surface area contributed by atoms with Crippen molar-refractivity contribution in [1.82, 2.24) is 9.88 Å². The van der Waals surface area contributed by atoms with Crippen molar-refractivity contribution in [2.75, 3.05) is 12.4 Å². The average molecular weight is 370 g/mol. The maximum atomic E-state index is 12.0. The summed E-state index contributed by atoms with van der Waals surface area (Å²) < 4.78 is 0.981. The fraction of sp³-hybridized carbons (Fsp3) is 0.154. The van der Waals surface area contributed by atoms with E-state index >= 15 is 0 Å². The molecule has 2 rings (SSSR count). The second-order valence-electron chi connectivity index (χ2n) is 4.28. The molecule has 2 heterocycles. The minimum atomic E-state index is -1.09. The summed E-state index contributed by atoms with van der Waals surface area (Å²) in [5.74, 6) is -1.09. The highest BCUT2D eigenvalue weighted by molar-refractivity contribution is 9.10. The lowest BCUT2D eigenvalue weighted by Gasteiger charge is -2.17. The van der Waals surface area contributed by atoms with Crippen LogP contribution < -0.4 is 5.32 Å². The van der Waals surface area contributed by atoms with Crippen molar-refractivity contribution >= 4 is 45.0 Å². The molecular formula is C13H12BrN3O3S. The number of aromatic nitrogens is 1. The van der Waals surface area contributed by atoms with Crippen molar-refractivity contribution in [1.29, 1.82) is 0 Å². The van der Waals surface area contributed by atoms with Gasteiger partial charge in [0.2, 0.25) is 0 Å². The van der Waals surface area contributed by atoms with Gasteiger partial charge in [-0.1, -0.05) is 0 Å². The molecule has 6 nitrogen and oxygen atoms in total. The number of nitrogens with one attached hydrogen (secondary N) is 1. The molecule has 8 heteroatoms. The summed E-state index contributed by atoms with van der Waals surface area (Å²) in [6.07, 6.45) is 2.63. The quantitative estimate of drug-likeness (QED) is 0.866. The summed E-state index contributed by atoms with van der Waals surface area (Å²) in [5.41, 5.74) is 0.372. The summed E-state index contributed by atoms with van der Waals surface area (Å²) >= 11 is 4.91. The van der Waals surface area contributed by atoms with Gasteiger partial charge in [0.05, 0.1) is 24.0 Å². The van der Waals surface area contributed by atoms with Crippen LogP contribution in [0.2, 0.25) is 0 Å². The molecule has 2 aromatic heterocycles. The van der Waals surface area contributed by atoms with Gasteiger partial charge in [-0.2, -0.15) is 0 Å². The number of carbonyl (C=O) groups excluding carboxylic acids is 1. The molecule has 21 heavy (non-hydrogen) atoms. The Hall–Kier alpha value is -1.93.